The van der Waals surface area contributed by atoms with Crippen molar-refractivity contribution in [2.45, 2.75) is 5.92 Å². The molecule has 0 spiro atoms. The van der Waals surface area contributed by atoms with Crippen molar-refractivity contribution in [2.24, 2.45) is 5.73 Å². The lowest BCUT2D eigenvalue weighted by atomic mass is 9.98. The molecule has 6 nitrogen and oxygen atoms in total. The number of hydrogen-bond donors (Lipinski definition) is 2. The third-order valence-electron chi connectivity index (χ3n) is 3.08. The van der Waals surface area contributed by atoms with E-state index in [2.05, 4.69) is 5.32 Å². The highest BCUT2D eigenvalue weighted by atomic mass is 16.6. The maximum atomic E-state index is 12.3. The number of anilines is 1. The number of nitro benzene ring substituents is 1. The van der Waals surface area contributed by atoms with Gasteiger partial charge in [0.05, 0.1) is 10.8 Å². The first-order valence-corrected chi connectivity index (χ1v) is 6.42. The molecule has 0 radical (unpaired) electrons. The van der Waals surface area contributed by atoms with Crippen LogP contribution in [-0.2, 0) is 4.79 Å². The number of benzene rings is 2. The van der Waals surface area contributed by atoms with Gasteiger partial charge in [-0.1, -0.05) is 36.4 Å². The highest BCUT2D eigenvalue weighted by molar-refractivity contribution is 5.96. The number of rotatable bonds is 5. The van der Waals surface area contributed by atoms with Crippen LogP contribution in [0.2, 0.25) is 0 Å². The monoisotopic (exact) mass is 285 g/mol. The zero-order valence-electron chi connectivity index (χ0n) is 11.2. The molecule has 1 atom stereocenters. The quantitative estimate of drug-likeness (QED) is 0.650. The number of amides is 1. The Kier molecular flexibility index (Phi) is 4.63. The van der Waals surface area contributed by atoms with Gasteiger partial charge in [-0.3, -0.25) is 14.9 Å². The van der Waals surface area contributed by atoms with E-state index in [-0.39, 0.29) is 18.1 Å². The van der Waals surface area contributed by atoms with Gasteiger partial charge in [-0.15, -0.1) is 0 Å². The number of hydrogen-bond acceptors (Lipinski definition) is 4. The van der Waals surface area contributed by atoms with Gasteiger partial charge in [0.2, 0.25) is 5.91 Å². The van der Waals surface area contributed by atoms with E-state index in [9.17, 15) is 14.9 Å². The summed E-state index contributed by atoms with van der Waals surface area (Å²) >= 11 is 0. The van der Waals surface area contributed by atoms with Crippen LogP contribution in [0.25, 0.3) is 0 Å². The van der Waals surface area contributed by atoms with Crippen molar-refractivity contribution in [3.63, 3.8) is 0 Å². The molecule has 0 bridgehead atoms. The summed E-state index contributed by atoms with van der Waals surface area (Å²) in [7, 11) is 0. The second-order valence-corrected chi connectivity index (χ2v) is 4.50. The molecule has 0 aliphatic rings. The van der Waals surface area contributed by atoms with E-state index in [1.54, 1.807) is 6.07 Å². The van der Waals surface area contributed by atoms with E-state index in [0.717, 1.165) is 5.56 Å². The molecule has 2 rings (SSSR count). The Morgan fingerprint density at radius 3 is 2.52 bits per heavy atom. The lowest BCUT2D eigenvalue weighted by Gasteiger charge is -2.15. The molecular formula is C15H15N3O3. The Morgan fingerprint density at radius 2 is 1.90 bits per heavy atom. The highest BCUT2D eigenvalue weighted by Crippen LogP contribution is 2.20. The third-order valence-corrected chi connectivity index (χ3v) is 3.08. The molecular weight excluding hydrogens is 270 g/mol. The van der Waals surface area contributed by atoms with E-state index >= 15 is 0 Å². The van der Waals surface area contributed by atoms with Crippen molar-refractivity contribution in [2.75, 3.05) is 11.9 Å². The van der Waals surface area contributed by atoms with E-state index in [1.165, 1.54) is 18.2 Å². The Hall–Kier alpha value is -2.73. The zero-order valence-corrected chi connectivity index (χ0v) is 11.2. The van der Waals surface area contributed by atoms with Crippen LogP contribution in [0.15, 0.2) is 54.6 Å². The fourth-order valence-corrected chi connectivity index (χ4v) is 2.01. The summed E-state index contributed by atoms with van der Waals surface area (Å²) in [6.07, 6.45) is 0. The van der Waals surface area contributed by atoms with Crippen LogP contribution in [0.4, 0.5) is 11.4 Å². The van der Waals surface area contributed by atoms with E-state index in [4.69, 9.17) is 5.73 Å². The Labute approximate surface area is 121 Å². The lowest BCUT2D eigenvalue weighted by molar-refractivity contribution is -0.384. The molecule has 1 amide bonds. The van der Waals surface area contributed by atoms with Crippen LogP contribution in [-0.4, -0.2) is 17.4 Å². The lowest BCUT2D eigenvalue weighted by Crippen LogP contribution is -2.27. The smallest absolute Gasteiger partial charge is 0.271 e. The summed E-state index contributed by atoms with van der Waals surface area (Å²) in [5.41, 5.74) is 6.78. The van der Waals surface area contributed by atoms with Crippen molar-refractivity contribution >= 4 is 17.3 Å². The number of nitrogens with two attached hydrogens (primary N) is 1. The van der Waals surface area contributed by atoms with Crippen LogP contribution >= 0.6 is 0 Å². The Morgan fingerprint density at radius 1 is 1.19 bits per heavy atom. The second kappa shape index (κ2) is 6.62. The zero-order chi connectivity index (χ0) is 15.2. The van der Waals surface area contributed by atoms with Crippen molar-refractivity contribution in [1.82, 2.24) is 0 Å². The fourth-order valence-electron chi connectivity index (χ4n) is 2.01. The molecule has 0 aliphatic carbocycles. The van der Waals surface area contributed by atoms with Gasteiger partial charge in [-0.2, -0.15) is 0 Å². The second-order valence-electron chi connectivity index (χ2n) is 4.50. The summed E-state index contributed by atoms with van der Waals surface area (Å²) in [5, 5.41) is 13.4. The number of nitrogens with zero attached hydrogens (tertiary/aromatic N) is 1. The average molecular weight is 285 g/mol. The van der Waals surface area contributed by atoms with Gasteiger partial charge in [-0.05, 0) is 11.6 Å². The number of carbonyl (C=O) groups is 1. The minimum atomic E-state index is -0.507. The minimum Gasteiger partial charge on any atom is -0.329 e. The minimum absolute atomic E-state index is 0.0724. The molecule has 3 N–H and O–H groups in total. The fraction of sp³-hybridized carbons (Fsp3) is 0.133. The van der Waals surface area contributed by atoms with Crippen LogP contribution < -0.4 is 11.1 Å². The molecule has 6 heteroatoms. The highest BCUT2D eigenvalue weighted by Gasteiger charge is 2.19. The average Bonchev–Trinajstić information content (AvgIpc) is 2.49. The molecule has 0 aliphatic heterocycles. The summed E-state index contributed by atoms with van der Waals surface area (Å²) in [6.45, 7) is 0.158. The normalized spacial score (nSPS) is 11.7. The third kappa shape index (κ3) is 3.64. The first-order valence-electron chi connectivity index (χ1n) is 6.42. The molecule has 0 saturated heterocycles. The molecule has 2 aromatic rings. The van der Waals surface area contributed by atoms with Crippen LogP contribution in [0, 0.1) is 10.1 Å². The van der Waals surface area contributed by atoms with E-state index in [1.807, 2.05) is 30.3 Å². The van der Waals surface area contributed by atoms with E-state index < -0.39 is 10.8 Å². The number of carbonyl (C=O) groups excluding carboxylic acids is 1. The SMILES string of the molecule is NCC(C(=O)Nc1cccc([N+](=O)[O-])c1)c1ccccc1. The molecule has 0 saturated carbocycles. The van der Waals surface area contributed by atoms with Crippen LogP contribution in [0.3, 0.4) is 0 Å². The van der Waals surface area contributed by atoms with Crippen molar-refractivity contribution in [3.05, 3.63) is 70.3 Å². The first-order chi connectivity index (χ1) is 10.1. The number of nitro groups is 1. The van der Waals surface area contributed by atoms with Crippen molar-refractivity contribution in [1.29, 1.82) is 0 Å². The topological polar surface area (TPSA) is 98.3 Å². The predicted molar refractivity (Wildman–Crippen MR) is 80.0 cm³/mol. The Bertz CT molecular complexity index is 644. The number of non-ortho nitro benzene ring substituents is 1. The maximum absolute atomic E-state index is 12.3. The molecule has 0 heterocycles. The molecule has 108 valence electrons. The number of nitrogens with one attached hydrogen (secondary N) is 1. The van der Waals surface area contributed by atoms with Gasteiger partial charge in [0.1, 0.15) is 0 Å². The van der Waals surface area contributed by atoms with Gasteiger partial charge in [0.15, 0.2) is 0 Å². The summed E-state index contributed by atoms with van der Waals surface area (Å²) in [4.78, 5) is 22.5. The summed E-state index contributed by atoms with van der Waals surface area (Å²) < 4.78 is 0. The van der Waals surface area contributed by atoms with Crippen molar-refractivity contribution < 1.29 is 9.72 Å². The van der Waals surface area contributed by atoms with Crippen molar-refractivity contribution in [3.8, 4) is 0 Å². The standard InChI is InChI=1S/C15H15N3O3/c16-10-14(11-5-2-1-3-6-11)15(19)17-12-7-4-8-13(9-12)18(20)21/h1-9,14H,10,16H2,(H,17,19). The van der Waals surface area contributed by atoms with Crippen LogP contribution in [0.5, 0.6) is 0 Å². The van der Waals surface area contributed by atoms with Gasteiger partial charge < -0.3 is 11.1 Å². The van der Waals surface area contributed by atoms with Gasteiger partial charge in [0.25, 0.3) is 5.69 Å². The predicted octanol–water partition coefficient (Wildman–Crippen LogP) is 2.28. The largest absolute Gasteiger partial charge is 0.329 e. The molecule has 21 heavy (non-hydrogen) atoms. The molecule has 0 fully saturated rings. The van der Waals surface area contributed by atoms with Gasteiger partial charge in [0, 0.05) is 24.4 Å². The Balaban J connectivity index is 2.16. The summed E-state index contributed by atoms with van der Waals surface area (Å²) in [6, 6.07) is 15.0. The van der Waals surface area contributed by atoms with Gasteiger partial charge >= 0.3 is 0 Å². The molecule has 1 unspecified atom stereocenters. The van der Waals surface area contributed by atoms with E-state index in [0.29, 0.717) is 5.69 Å². The summed E-state index contributed by atoms with van der Waals surface area (Å²) in [5.74, 6) is -0.783. The molecule has 0 aromatic heterocycles. The van der Waals surface area contributed by atoms with Crippen LogP contribution in [0.1, 0.15) is 11.5 Å². The maximum Gasteiger partial charge on any atom is 0.271 e. The first kappa shape index (κ1) is 14.7. The van der Waals surface area contributed by atoms with Gasteiger partial charge in [-0.25, -0.2) is 0 Å². The molecule has 2 aromatic carbocycles.